The van der Waals surface area contributed by atoms with E-state index in [0.29, 0.717) is 5.52 Å². The molecule has 0 aliphatic rings. The second kappa shape index (κ2) is 7.83. The van der Waals surface area contributed by atoms with Crippen molar-refractivity contribution in [3.05, 3.63) is 38.9 Å². The minimum atomic E-state index is -4.01. The summed E-state index contributed by atoms with van der Waals surface area (Å²) >= 11 is 0. The van der Waals surface area contributed by atoms with Gasteiger partial charge in [-0.3, -0.25) is 14.4 Å². The molecule has 0 saturated carbocycles. The molecule has 0 aliphatic heterocycles. The van der Waals surface area contributed by atoms with E-state index in [4.69, 9.17) is 4.74 Å². The third-order valence-corrected chi connectivity index (χ3v) is 5.32. The summed E-state index contributed by atoms with van der Waals surface area (Å²) in [5.41, 5.74) is -1.22. The topological polar surface area (TPSA) is 129 Å². The number of hydrogen-bond acceptors (Lipinski definition) is 6. The van der Waals surface area contributed by atoms with Crippen LogP contribution in [0.2, 0.25) is 0 Å². The quantitative estimate of drug-likeness (QED) is 0.527. The van der Waals surface area contributed by atoms with Crippen molar-refractivity contribution < 1.29 is 17.9 Å². The fourth-order valence-corrected chi connectivity index (χ4v) is 3.98. The summed E-state index contributed by atoms with van der Waals surface area (Å²) < 4.78 is 31.8. The Morgan fingerprint density at radius 1 is 1.15 bits per heavy atom. The number of sulfonamides is 1. The van der Waals surface area contributed by atoms with Crippen molar-refractivity contribution >= 4 is 27.0 Å². The van der Waals surface area contributed by atoms with E-state index in [1.165, 1.54) is 18.2 Å². The van der Waals surface area contributed by atoms with Crippen molar-refractivity contribution in [2.24, 2.45) is 5.92 Å². The Morgan fingerprint density at radius 3 is 2.35 bits per heavy atom. The molecule has 0 atom stereocenters. The molecule has 0 radical (unpaired) electrons. The highest BCUT2D eigenvalue weighted by Crippen LogP contribution is 2.20. The Hall–Kier alpha value is -2.46. The van der Waals surface area contributed by atoms with Gasteiger partial charge in [0.05, 0.1) is 22.5 Å². The Morgan fingerprint density at radius 2 is 1.77 bits per heavy atom. The van der Waals surface area contributed by atoms with Gasteiger partial charge in [0.2, 0.25) is 10.0 Å². The molecule has 1 aromatic carbocycles. The zero-order chi connectivity index (χ0) is 19.5. The first-order valence-electron chi connectivity index (χ1n) is 8.07. The number of esters is 1. The van der Waals surface area contributed by atoms with Crippen LogP contribution in [-0.2, 0) is 19.6 Å². The van der Waals surface area contributed by atoms with E-state index >= 15 is 0 Å². The number of ether oxygens (including phenoxy) is 1. The van der Waals surface area contributed by atoms with Gasteiger partial charge in [-0.2, -0.15) is 4.31 Å². The van der Waals surface area contributed by atoms with Crippen LogP contribution in [-0.4, -0.2) is 48.4 Å². The third-order valence-electron chi connectivity index (χ3n) is 3.51. The van der Waals surface area contributed by atoms with E-state index in [9.17, 15) is 22.8 Å². The minimum absolute atomic E-state index is 0.0178. The van der Waals surface area contributed by atoms with Crippen LogP contribution >= 0.6 is 0 Å². The van der Waals surface area contributed by atoms with Crippen LogP contribution in [0.4, 0.5) is 0 Å². The van der Waals surface area contributed by atoms with Gasteiger partial charge in [-0.15, -0.1) is 0 Å². The summed E-state index contributed by atoms with van der Waals surface area (Å²) in [5, 5.41) is 0. The van der Waals surface area contributed by atoms with Gasteiger partial charge >= 0.3 is 17.1 Å². The van der Waals surface area contributed by atoms with Gasteiger partial charge in [0.15, 0.2) is 0 Å². The molecule has 9 nitrogen and oxygen atoms in total. The summed E-state index contributed by atoms with van der Waals surface area (Å²) in [7, 11) is -4.01. The number of H-pyrrole nitrogens is 2. The predicted octanol–water partition coefficient (Wildman–Crippen LogP) is 0.426. The summed E-state index contributed by atoms with van der Waals surface area (Å²) in [6.07, 6.45) is 0. The average Bonchev–Trinajstić information content (AvgIpc) is 2.54. The number of carbonyl (C=O) groups excluding carboxylic acids is 1. The summed E-state index contributed by atoms with van der Waals surface area (Å²) in [6, 6.07) is 3.95. The smallest absolute Gasteiger partial charge is 0.321 e. The van der Waals surface area contributed by atoms with Crippen LogP contribution < -0.4 is 11.1 Å². The van der Waals surface area contributed by atoms with Crippen LogP contribution in [0.15, 0.2) is 32.7 Å². The van der Waals surface area contributed by atoms with Crippen molar-refractivity contribution in [2.45, 2.75) is 25.7 Å². The number of nitrogens with one attached hydrogen (secondary N) is 2. The summed E-state index contributed by atoms with van der Waals surface area (Å²) in [4.78, 5) is 39.2. The van der Waals surface area contributed by atoms with E-state index in [0.717, 1.165) is 4.31 Å². The molecule has 1 aromatic heterocycles. The second-order valence-corrected chi connectivity index (χ2v) is 8.05. The Labute approximate surface area is 150 Å². The number of aromatic nitrogens is 2. The number of benzene rings is 1. The van der Waals surface area contributed by atoms with Gasteiger partial charge < -0.3 is 14.7 Å². The molecule has 2 rings (SSSR count). The zero-order valence-electron chi connectivity index (χ0n) is 14.7. The first-order valence-corrected chi connectivity index (χ1v) is 9.51. The molecule has 2 aromatic rings. The van der Waals surface area contributed by atoms with Gasteiger partial charge in [0.1, 0.15) is 6.54 Å². The average molecular weight is 383 g/mol. The Bertz CT molecular complexity index is 1020. The maximum atomic E-state index is 13.0. The monoisotopic (exact) mass is 383 g/mol. The molecule has 0 bridgehead atoms. The lowest BCUT2D eigenvalue weighted by atomic mass is 10.2. The molecule has 0 saturated heterocycles. The van der Waals surface area contributed by atoms with Crippen LogP contribution in [0.3, 0.4) is 0 Å². The molecule has 142 valence electrons. The molecule has 0 amide bonds. The number of hydrogen-bond donors (Lipinski definition) is 2. The van der Waals surface area contributed by atoms with E-state index < -0.39 is 33.7 Å². The highest BCUT2D eigenvalue weighted by atomic mass is 32.2. The molecule has 0 unspecified atom stereocenters. The highest BCUT2D eigenvalue weighted by molar-refractivity contribution is 7.89. The number of nitrogens with zero attached hydrogens (tertiary/aromatic N) is 1. The van der Waals surface area contributed by atoms with Crippen molar-refractivity contribution in [3.63, 3.8) is 0 Å². The second-order valence-electron chi connectivity index (χ2n) is 6.11. The maximum absolute atomic E-state index is 13.0. The molecule has 0 aliphatic carbocycles. The maximum Gasteiger partial charge on any atom is 0.321 e. The van der Waals surface area contributed by atoms with E-state index in [1.54, 1.807) is 6.92 Å². The molecule has 10 heteroatoms. The number of aromatic amines is 2. The lowest BCUT2D eigenvalue weighted by Crippen LogP contribution is -2.39. The Balaban J connectivity index is 2.48. The van der Waals surface area contributed by atoms with Gasteiger partial charge in [0, 0.05) is 6.54 Å². The number of carbonyl (C=O) groups is 1. The standard InChI is InChI=1S/C16H21N3O6S/c1-4-25-14(20)9-19(8-10(2)3)26(23,24)11-5-6-12-13(7-11)18-16(22)15(21)17-12/h5-7,10H,4,8-9H2,1-3H3,(H,17,21)(H,18,22). The van der Waals surface area contributed by atoms with Crippen molar-refractivity contribution in [1.82, 2.24) is 14.3 Å². The van der Waals surface area contributed by atoms with E-state index in [2.05, 4.69) is 9.97 Å². The third kappa shape index (κ3) is 4.38. The van der Waals surface area contributed by atoms with Crippen LogP contribution in [0.25, 0.3) is 11.0 Å². The first-order chi connectivity index (χ1) is 12.1. The molecule has 0 spiro atoms. The fraction of sp³-hybridized carbons (Fsp3) is 0.438. The van der Waals surface area contributed by atoms with Crippen LogP contribution in [0, 0.1) is 5.92 Å². The van der Waals surface area contributed by atoms with Crippen molar-refractivity contribution in [1.29, 1.82) is 0 Å². The van der Waals surface area contributed by atoms with Crippen molar-refractivity contribution in [2.75, 3.05) is 19.7 Å². The largest absolute Gasteiger partial charge is 0.465 e. The molecule has 2 N–H and O–H groups in total. The zero-order valence-corrected chi connectivity index (χ0v) is 15.6. The normalized spacial score (nSPS) is 12.0. The number of fused-ring (bicyclic) bond motifs is 1. The molecular formula is C16H21N3O6S. The summed E-state index contributed by atoms with van der Waals surface area (Å²) in [6.45, 7) is 5.17. The van der Waals surface area contributed by atoms with Crippen molar-refractivity contribution in [3.8, 4) is 0 Å². The van der Waals surface area contributed by atoms with Crippen LogP contribution in [0.5, 0.6) is 0 Å². The van der Waals surface area contributed by atoms with E-state index in [1.807, 2.05) is 13.8 Å². The predicted molar refractivity (Wildman–Crippen MR) is 95.4 cm³/mol. The lowest BCUT2D eigenvalue weighted by Gasteiger charge is -2.23. The van der Waals surface area contributed by atoms with Gasteiger partial charge in [-0.25, -0.2) is 8.42 Å². The minimum Gasteiger partial charge on any atom is -0.465 e. The molecule has 1 heterocycles. The van der Waals surface area contributed by atoms with Gasteiger partial charge in [-0.1, -0.05) is 13.8 Å². The highest BCUT2D eigenvalue weighted by Gasteiger charge is 2.28. The van der Waals surface area contributed by atoms with E-state index in [-0.39, 0.29) is 29.5 Å². The summed E-state index contributed by atoms with van der Waals surface area (Å²) in [5.74, 6) is -0.661. The fourth-order valence-electron chi connectivity index (χ4n) is 2.41. The Kier molecular flexibility index (Phi) is 5.98. The SMILES string of the molecule is CCOC(=O)CN(CC(C)C)S(=O)(=O)c1ccc2[nH]c(=O)c(=O)[nH]c2c1. The molecule has 0 fully saturated rings. The van der Waals surface area contributed by atoms with Gasteiger partial charge in [0.25, 0.3) is 0 Å². The first kappa shape index (κ1) is 19.9. The molecule has 26 heavy (non-hydrogen) atoms. The van der Waals surface area contributed by atoms with Gasteiger partial charge in [-0.05, 0) is 31.0 Å². The lowest BCUT2D eigenvalue weighted by molar-refractivity contribution is -0.143. The number of rotatable bonds is 7. The molecular weight excluding hydrogens is 362 g/mol. The van der Waals surface area contributed by atoms with Crippen LogP contribution in [0.1, 0.15) is 20.8 Å².